The zero-order chi connectivity index (χ0) is 17.4. The number of nitrogens with zero attached hydrogens (tertiary/aromatic N) is 3. The smallest absolute Gasteiger partial charge is 0.310 e. The number of rotatable bonds is 3. The summed E-state index contributed by atoms with van der Waals surface area (Å²) in [6.45, 7) is 0. The minimum Gasteiger partial charge on any atom is -0.310 e. The Morgan fingerprint density at radius 1 is 1.35 bits per heavy atom. The molecule has 0 aliphatic carbocycles. The summed E-state index contributed by atoms with van der Waals surface area (Å²) in [4.78, 5) is 12.4. The van der Waals surface area contributed by atoms with Crippen molar-refractivity contribution in [1.82, 2.24) is 9.59 Å². The predicted molar refractivity (Wildman–Crippen MR) is 76.7 cm³/mol. The Morgan fingerprint density at radius 2 is 2.00 bits per heavy atom. The monoisotopic (exact) mass is 415 g/mol. The molecule has 2 aromatic rings. The largest absolute Gasteiger partial charge is 0.418 e. The van der Waals surface area contributed by atoms with E-state index in [2.05, 4.69) is 25.5 Å². The number of carbonyl (C=O) groups excluding carboxylic acids is 1. The van der Waals surface area contributed by atoms with Gasteiger partial charge in [0.25, 0.3) is 12.3 Å². The lowest BCUT2D eigenvalue weighted by atomic mass is 10.1. The molecule has 0 aliphatic heterocycles. The average molecular weight is 416 g/mol. The Morgan fingerprint density at radius 3 is 2.57 bits per heavy atom. The van der Waals surface area contributed by atoms with Gasteiger partial charge in [-0.1, -0.05) is 20.4 Å². The fourth-order valence-electron chi connectivity index (χ4n) is 1.78. The van der Waals surface area contributed by atoms with Gasteiger partial charge in [0.15, 0.2) is 5.69 Å². The van der Waals surface area contributed by atoms with Crippen molar-refractivity contribution in [1.29, 1.82) is 0 Å². The van der Waals surface area contributed by atoms with Crippen molar-refractivity contribution >= 4 is 39.1 Å². The normalized spacial score (nSPS) is 11.8. The molecule has 1 aromatic carbocycles. The number of halogens is 6. The van der Waals surface area contributed by atoms with Crippen molar-refractivity contribution in [2.75, 3.05) is 11.9 Å². The molecule has 124 valence electrons. The molecule has 0 fully saturated rings. The van der Waals surface area contributed by atoms with E-state index < -0.39 is 40.3 Å². The van der Waals surface area contributed by atoms with E-state index in [1.165, 1.54) is 6.07 Å². The topological polar surface area (TPSA) is 46.1 Å². The third-order valence-corrected chi connectivity index (χ3v) is 4.07. The van der Waals surface area contributed by atoms with Crippen LogP contribution < -0.4 is 4.90 Å². The van der Waals surface area contributed by atoms with Gasteiger partial charge in [-0.25, -0.2) is 8.78 Å². The van der Waals surface area contributed by atoms with E-state index in [4.69, 9.17) is 0 Å². The molecule has 0 unspecified atom stereocenters. The van der Waals surface area contributed by atoms with Gasteiger partial charge < -0.3 is 4.90 Å². The van der Waals surface area contributed by atoms with Gasteiger partial charge in [0.1, 0.15) is 4.88 Å². The number of anilines is 1. The number of carbonyl (C=O) groups is 1. The second-order valence-corrected chi connectivity index (χ2v) is 5.98. The Hall–Kier alpha value is -1.62. The molecular weight excluding hydrogens is 409 g/mol. The first-order valence-corrected chi connectivity index (χ1v) is 7.44. The summed E-state index contributed by atoms with van der Waals surface area (Å²) in [6, 6.07) is 3.19. The van der Waals surface area contributed by atoms with Crippen LogP contribution >= 0.6 is 27.5 Å². The maximum Gasteiger partial charge on any atom is 0.418 e. The van der Waals surface area contributed by atoms with Crippen molar-refractivity contribution in [3.63, 3.8) is 0 Å². The highest BCUT2D eigenvalue weighted by molar-refractivity contribution is 9.10. The zero-order valence-corrected chi connectivity index (χ0v) is 13.6. The van der Waals surface area contributed by atoms with Gasteiger partial charge in [0.2, 0.25) is 0 Å². The minimum absolute atomic E-state index is 0.169. The maximum atomic E-state index is 13.1. The van der Waals surface area contributed by atoms with Crippen LogP contribution in [0.1, 0.15) is 27.4 Å². The van der Waals surface area contributed by atoms with Crippen LogP contribution in [0.4, 0.5) is 27.6 Å². The van der Waals surface area contributed by atoms with Gasteiger partial charge in [-0.05, 0) is 29.7 Å². The number of benzene rings is 1. The number of hydrogen-bond donors (Lipinski definition) is 0. The highest BCUT2D eigenvalue weighted by Crippen LogP contribution is 2.38. The lowest BCUT2D eigenvalue weighted by molar-refractivity contribution is -0.137. The van der Waals surface area contributed by atoms with Crippen molar-refractivity contribution in [3.05, 3.63) is 38.8 Å². The molecule has 23 heavy (non-hydrogen) atoms. The summed E-state index contributed by atoms with van der Waals surface area (Å²) in [5, 5.41) is 3.14. The molecule has 0 spiro atoms. The Bertz CT molecular complexity index is 734. The first kappa shape index (κ1) is 17.7. The second kappa shape index (κ2) is 6.48. The van der Waals surface area contributed by atoms with Gasteiger partial charge in [0.05, 0.1) is 11.3 Å². The molecule has 0 radical (unpaired) electrons. The number of aromatic nitrogens is 2. The SMILES string of the molecule is CN(C(=O)c1snnc1C(F)F)c1ccc(Br)cc1C(F)(F)F. The van der Waals surface area contributed by atoms with Crippen LogP contribution in [0.5, 0.6) is 0 Å². The van der Waals surface area contributed by atoms with Crippen molar-refractivity contribution < 1.29 is 26.7 Å². The first-order chi connectivity index (χ1) is 10.6. The summed E-state index contributed by atoms with van der Waals surface area (Å²) in [7, 11) is 1.07. The van der Waals surface area contributed by atoms with E-state index in [0.29, 0.717) is 16.4 Å². The highest BCUT2D eigenvalue weighted by atomic mass is 79.9. The van der Waals surface area contributed by atoms with Gasteiger partial charge in [-0.3, -0.25) is 4.79 Å². The van der Waals surface area contributed by atoms with E-state index >= 15 is 0 Å². The van der Waals surface area contributed by atoms with Crippen LogP contribution in [0.3, 0.4) is 0 Å². The molecule has 1 amide bonds. The molecule has 0 saturated heterocycles. The Balaban J connectivity index is 2.47. The quantitative estimate of drug-likeness (QED) is 0.691. The molecule has 11 heteroatoms. The molecule has 2 rings (SSSR count). The van der Waals surface area contributed by atoms with E-state index in [1.54, 1.807) is 0 Å². The Labute approximate surface area is 139 Å². The van der Waals surface area contributed by atoms with E-state index in [-0.39, 0.29) is 4.47 Å². The number of amides is 1. The van der Waals surface area contributed by atoms with Gasteiger partial charge in [-0.15, -0.1) is 5.10 Å². The molecule has 0 saturated carbocycles. The lowest BCUT2D eigenvalue weighted by Crippen LogP contribution is -2.28. The summed E-state index contributed by atoms with van der Waals surface area (Å²) >= 11 is 3.33. The van der Waals surface area contributed by atoms with Crippen LogP contribution in [0.25, 0.3) is 0 Å². The third-order valence-electron chi connectivity index (χ3n) is 2.84. The summed E-state index contributed by atoms with van der Waals surface area (Å²) < 4.78 is 68.2. The number of alkyl halides is 5. The Kier molecular flexibility index (Phi) is 4.99. The average Bonchev–Trinajstić information content (AvgIpc) is 2.94. The van der Waals surface area contributed by atoms with Gasteiger partial charge in [-0.2, -0.15) is 13.2 Å². The molecule has 0 N–H and O–H groups in total. The summed E-state index contributed by atoms with van der Waals surface area (Å²) in [5.74, 6) is -1.04. The third kappa shape index (κ3) is 3.66. The fourth-order valence-corrected chi connectivity index (χ4v) is 2.79. The molecule has 0 aliphatic rings. The second-order valence-electron chi connectivity index (χ2n) is 4.31. The van der Waals surface area contributed by atoms with Crippen LogP contribution in [-0.2, 0) is 6.18 Å². The van der Waals surface area contributed by atoms with Crippen LogP contribution in [0.2, 0.25) is 0 Å². The highest BCUT2D eigenvalue weighted by Gasteiger charge is 2.36. The molecule has 0 bridgehead atoms. The molecule has 1 heterocycles. The van der Waals surface area contributed by atoms with E-state index in [1.807, 2.05) is 0 Å². The fraction of sp³-hybridized carbons (Fsp3) is 0.250. The van der Waals surface area contributed by atoms with Gasteiger partial charge in [0, 0.05) is 11.5 Å². The summed E-state index contributed by atoms with van der Waals surface area (Å²) in [5.41, 5.74) is -2.38. The lowest BCUT2D eigenvalue weighted by Gasteiger charge is -2.21. The van der Waals surface area contributed by atoms with Crippen LogP contribution in [0, 0.1) is 0 Å². The zero-order valence-electron chi connectivity index (χ0n) is 11.2. The van der Waals surface area contributed by atoms with E-state index in [9.17, 15) is 26.7 Å². The van der Waals surface area contributed by atoms with Gasteiger partial charge >= 0.3 is 6.18 Å². The standard InChI is InChI=1S/C12H7BrF5N3OS/c1-21(11(22)9-8(10(14)15)19-20-23-9)7-3-2-5(13)4-6(7)12(16,17)18/h2-4,10H,1H3. The predicted octanol–water partition coefficient (Wildman–Crippen LogP) is 4.53. The molecule has 4 nitrogen and oxygen atoms in total. The maximum absolute atomic E-state index is 13.1. The first-order valence-electron chi connectivity index (χ1n) is 5.88. The molecule has 1 aromatic heterocycles. The van der Waals surface area contributed by atoms with Crippen molar-refractivity contribution in [2.24, 2.45) is 0 Å². The van der Waals surface area contributed by atoms with Crippen molar-refractivity contribution in [3.8, 4) is 0 Å². The van der Waals surface area contributed by atoms with Crippen molar-refractivity contribution in [2.45, 2.75) is 12.6 Å². The van der Waals surface area contributed by atoms with E-state index in [0.717, 1.165) is 19.2 Å². The summed E-state index contributed by atoms with van der Waals surface area (Å²) in [6.07, 6.45) is -7.77. The molecular formula is C12H7BrF5N3OS. The number of hydrogen-bond acceptors (Lipinski definition) is 4. The minimum atomic E-state index is -4.72. The van der Waals surface area contributed by atoms with Crippen LogP contribution in [-0.4, -0.2) is 22.5 Å². The molecule has 0 atom stereocenters. The van der Waals surface area contributed by atoms with Crippen LogP contribution in [0.15, 0.2) is 22.7 Å².